The second kappa shape index (κ2) is 15.0. The zero-order chi connectivity index (χ0) is 32.6. The summed E-state index contributed by atoms with van der Waals surface area (Å²) in [7, 11) is -4.40. The highest BCUT2D eigenvalue weighted by molar-refractivity contribution is 7.92. The number of nitrogens with zero attached hydrogens (tertiary/aromatic N) is 3. The lowest BCUT2D eigenvalue weighted by Crippen LogP contribution is -2.53. The molecule has 10 nitrogen and oxygen atoms in total. The number of nitro benzene ring substituents is 1. The molecule has 0 aliphatic heterocycles. The lowest BCUT2D eigenvalue weighted by Gasteiger charge is -2.33. The van der Waals surface area contributed by atoms with E-state index in [1.165, 1.54) is 47.4 Å². The summed E-state index contributed by atoms with van der Waals surface area (Å²) in [5.74, 6) is -1.16. The molecule has 4 aromatic carbocycles. The average molecular weight is 670 g/mol. The smallest absolute Gasteiger partial charge is 0.271 e. The van der Waals surface area contributed by atoms with E-state index in [0.717, 1.165) is 15.9 Å². The Morgan fingerprint density at radius 2 is 1.53 bits per heavy atom. The topological polar surface area (TPSA) is 130 Å². The Morgan fingerprint density at radius 1 is 0.867 bits per heavy atom. The number of carbonyl (C=O) groups excluding carboxylic acids is 2. The molecular weight excluding hydrogens is 639 g/mol. The first-order chi connectivity index (χ1) is 21.5. The number of sulfonamides is 1. The Hall–Kier alpha value is -4.45. The Balaban J connectivity index is 1.83. The number of hydrogen-bond donors (Lipinski definition) is 1. The molecule has 1 N–H and O–H groups in total. The van der Waals surface area contributed by atoms with Gasteiger partial charge in [-0.15, -0.1) is 0 Å². The van der Waals surface area contributed by atoms with Crippen molar-refractivity contribution >= 4 is 56.4 Å². The summed E-state index contributed by atoms with van der Waals surface area (Å²) in [4.78, 5) is 40.0. The minimum atomic E-state index is -4.40. The minimum absolute atomic E-state index is 0.0893. The number of nitro groups is 1. The van der Waals surface area contributed by atoms with Gasteiger partial charge in [0.1, 0.15) is 12.6 Å². The summed E-state index contributed by atoms with van der Waals surface area (Å²) in [5, 5.41) is 14.9. The maximum atomic E-state index is 14.4. The van der Waals surface area contributed by atoms with Crippen molar-refractivity contribution in [1.82, 2.24) is 10.2 Å². The van der Waals surface area contributed by atoms with Crippen LogP contribution in [0.25, 0.3) is 0 Å². The first kappa shape index (κ1) is 33.4. The number of amides is 2. The number of rotatable bonds is 13. The average Bonchev–Trinajstić information content (AvgIpc) is 3.04. The number of hydrogen-bond acceptors (Lipinski definition) is 6. The van der Waals surface area contributed by atoms with Gasteiger partial charge in [0.15, 0.2) is 0 Å². The maximum Gasteiger partial charge on any atom is 0.271 e. The van der Waals surface area contributed by atoms with Gasteiger partial charge in [0.2, 0.25) is 11.8 Å². The number of benzene rings is 4. The molecule has 4 aromatic rings. The summed E-state index contributed by atoms with van der Waals surface area (Å²) >= 11 is 12.4. The number of likely N-dealkylation sites (N-methyl/N-ethyl adjacent to an activating group) is 1. The van der Waals surface area contributed by atoms with E-state index in [9.17, 15) is 28.1 Å². The Morgan fingerprint density at radius 3 is 2.16 bits per heavy atom. The molecule has 0 heterocycles. The van der Waals surface area contributed by atoms with E-state index in [1.54, 1.807) is 31.2 Å². The monoisotopic (exact) mass is 668 g/mol. The van der Waals surface area contributed by atoms with Gasteiger partial charge in [-0.1, -0.05) is 83.9 Å². The molecule has 0 aliphatic carbocycles. The van der Waals surface area contributed by atoms with Crippen LogP contribution in [0.15, 0.2) is 108 Å². The first-order valence-corrected chi connectivity index (χ1v) is 16.1. The van der Waals surface area contributed by atoms with Gasteiger partial charge in [0.05, 0.1) is 25.6 Å². The Kier molecular flexibility index (Phi) is 11.2. The normalized spacial score (nSPS) is 11.8. The SMILES string of the molecule is CCNC(=O)[C@@H](Cc1ccccc1)N(Cc1ccc(Cl)c(Cl)c1)C(=O)CN(c1cccc([N+](=O)[O-])c1)S(=O)(=O)c1ccccc1. The standard InChI is InChI=1S/C32H30Cl2N4O6S/c1-2-35-32(40)30(19-23-10-5-3-6-11-23)36(21-24-16-17-28(33)29(34)18-24)31(39)22-37(25-12-9-13-26(20-25)38(41)42)45(43,44)27-14-7-4-8-15-27/h3-18,20,30H,2,19,21-22H2,1H3,(H,35,40)/t30-/m1/s1. The van der Waals surface area contributed by atoms with Crippen molar-refractivity contribution in [2.24, 2.45) is 0 Å². The van der Waals surface area contributed by atoms with E-state index in [-0.39, 0.29) is 34.3 Å². The second-order valence-electron chi connectivity index (χ2n) is 9.97. The first-order valence-electron chi connectivity index (χ1n) is 13.9. The molecule has 0 unspecified atom stereocenters. The highest BCUT2D eigenvalue weighted by Gasteiger charge is 2.35. The molecule has 0 fully saturated rings. The molecule has 0 saturated carbocycles. The van der Waals surface area contributed by atoms with E-state index >= 15 is 0 Å². The fourth-order valence-corrected chi connectivity index (χ4v) is 6.44. The van der Waals surface area contributed by atoms with Crippen molar-refractivity contribution in [2.45, 2.75) is 30.8 Å². The summed E-state index contributed by atoms with van der Waals surface area (Å²) in [6.45, 7) is 1.17. The van der Waals surface area contributed by atoms with Gasteiger partial charge in [0.25, 0.3) is 15.7 Å². The van der Waals surface area contributed by atoms with Gasteiger partial charge in [-0.3, -0.25) is 24.0 Å². The summed E-state index contributed by atoms with van der Waals surface area (Å²) in [5.41, 5.74) is 0.875. The van der Waals surface area contributed by atoms with Crippen molar-refractivity contribution in [3.05, 3.63) is 134 Å². The molecule has 2 amide bonds. The maximum absolute atomic E-state index is 14.4. The van der Waals surface area contributed by atoms with Crippen molar-refractivity contribution in [1.29, 1.82) is 0 Å². The van der Waals surface area contributed by atoms with Crippen molar-refractivity contribution in [3.63, 3.8) is 0 Å². The quantitative estimate of drug-likeness (QED) is 0.140. The lowest BCUT2D eigenvalue weighted by atomic mass is 10.0. The largest absolute Gasteiger partial charge is 0.355 e. The van der Waals surface area contributed by atoms with Crippen LogP contribution in [-0.2, 0) is 32.6 Å². The van der Waals surface area contributed by atoms with Crippen LogP contribution in [0.1, 0.15) is 18.1 Å². The molecule has 0 spiro atoms. The van der Waals surface area contributed by atoms with Crippen LogP contribution in [0, 0.1) is 10.1 Å². The van der Waals surface area contributed by atoms with Gasteiger partial charge in [-0.2, -0.15) is 0 Å². The van der Waals surface area contributed by atoms with Crippen molar-refractivity contribution < 1.29 is 22.9 Å². The third-order valence-corrected chi connectivity index (χ3v) is 9.42. The van der Waals surface area contributed by atoms with E-state index in [4.69, 9.17) is 23.2 Å². The van der Waals surface area contributed by atoms with Gasteiger partial charge >= 0.3 is 0 Å². The number of nitrogens with one attached hydrogen (secondary N) is 1. The van der Waals surface area contributed by atoms with Crippen molar-refractivity contribution in [3.8, 4) is 0 Å². The Labute approximate surface area is 271 Å². The number of non-ortho nitro benzene ring substituents is 1. The second-order valence-corrected chi connectivity index (χ2v) is 12.6. The predicted octanol–water partition coefficient (Wildman–Crippen LogP) is 5.87. The van der Waals surface area contributed by atoms with Crippen LogP contribution in [0.3, 0.4) is 0 Å². The number of halogens is 2. The van der Waals surface area contributed by atoms with Gasteiger partial charge in [-0.25, -0.2) is 8.42 Å². The van der Waals surface area contributed by atoms with Gasteiger partial charge in [-0.05, 0) is 48.4 Å². The lowest BCUT2D eigenvalue weighted by molar-refractivity contribution is -0.384. The number of anilines is 1. The fourth-order valence-electron chi connectivity index (χ4n) is 4.69. The van der Waals surface area contributed by atoms with Crippen LogP contribution in [0.4, 0.5) is 11.4 Å². The predicted molar refractivity (Wildman–Crippen MR) is 174 cm³/mol. The fraction of sp³-hybridized carbons (Fsp3) is 0.188. The van der Waals surface area contributed by atoms with Crippen LogP contribution in [0.5, 0.6) is 0 Å². The molecule has 0 aromatic heterocycles. The van der Waals surface area contributed by atoms with E-state index < -0.39 is 39.3 Å². The molecule has 0 radical (unpaired) electrons. The van der Waals surface area contributed by atoms with Crippen LogP contribution >= 0.6 is 23.2 Å². The van der Waals surface area contributed by atoms with E-state index in [1.807, 2.05) is 30.3 Å². The third kappa shape index (κ3) is 8.39. The molecule has 0 saturated heterocycles. The summed E-state index contributed by atoms with van der Waals surface area (Å²) in [6.07, 6.45) is 0.127. The summed E-state index contributed by atoms with van der Waals surface area (Å²) < 4.78 is 28.8. The van der Waals surface area contributed by atoms with E-state index in [0.29, 0.717) is 17.1 Å². The summed E-state index contributed by atoms with van der Waals surface area (Å²) in [6, 6.07) is 25.3. The molecular formula is C32H30Cl2N4O6S. The molecule has 0 aliphatic rings. The van der Waals surface area contributed by atoms with Crippen LogP contribution < -0.4 is 9.62 Å². The highest BCUT2D eigenvalue weighted by atomic mass is 35.5. The van der Waals surface area contributed by atoms with Gasteiger partial charge < -0.3 is 10.2 Å². The van der Waals surface area contributed by atoms with E-state index in [2.05, 4.69) is 5.32 Å². The third-order valence-electron chi connectivity index (χ3n) is 6.90. The molecule has 45 heavy (non-hydrogen) atoms. The minimum Gasteiger partial charge on any atom is -0.355 e. The highest BCUT2D eigenvalue weighted by Crippen LogP contribution is 2.29. The van der Waals surface area contributed by atoms with Crippen LogP contribution in [-0.4, -0.2) is 49.2 Å². The Bertz CT molecular complexity index is 1780. The zero-order valence-corrected chi connectivity index (χ0v) is 26.5. The van der Waals surface area contributed by atoms with Gasteiger partial charge in [0, 0.05) is 31.6 Å². The van der Waals surface area contributed by atoms with Crippen molar-refractivity contribution in [2.75, 3.05) is 17.4 Å². The molecule has 234 valence electrons. The molecule has 1 atom stereocenters. The molecule has 0 bridgehead atoms. The molecule has 13 heteroatoms. The zero-order valence-electron chi connectivity index (χ0n) is 24.2. The molecule has 4 rings (SSSR count). The number of carbonyl (C=O) groups is 2. The van der Waals surface area contributed by atoms with Crippen LogP contribution in [0.2, 0.25) is 10.0 Å².